The Hall–Kier alpha value is -2.61. The molecule has 0 unspecified atom stereocenters. The van der Waals surface area contributed by atoms with E-state index in [2.05, 4.69) is 41.5 Å². The number of hydrogen-bond acceptors (Lipinski definition) is 6. The van der Waals surface area contributed by atoms with Crippen LogP contribution in [0.2, 0.25) is 5.02 Å². The Morgan fingerprint density at radius 1 is 1.35 bits per heavy atom. The number of rotatable bonds is 6. The normalized spacial score (nSPS) is 26.1. The van der Waals surface area contributed by atoms with Gasteiger partial charge >= 0.3 is 0 Å². The van der Waals surface area contributed by atoms with Gasteiger partial charge in [0.1, 0.15) is 17.3 Å². The lowest BCUT2D eigenvalue weighted by molar-refractivity contribution is -0.122. The first-order valence-electron chi connectivity index (χ1n) is 10.6. The molecule has 0 spiro atoms. The van der Waals surface area contributed by atoms with Gasteiger partial charge in [0.05, 0.1) is 18.1 Å². The summed E-state index contributed by atoms with van der Waals surface area (Å²) in [7, 11) is 0. The smallest absolute Gasteiger partial charge is 0.288 e. The zero-order valence-corrected chi connectivity index (χ0v) is 18.7. The molecule has 0 radical (unpaired) electrons. The number of aromatic hydroxyl groups is 1. The maximum absolute atomic E-state index is 12.7. The van der Waals surface area contributed by atoms with Crippen molar-refractivity contribution in [2.75, 3.05) is 5.32 Å². The van der Waals surface area contributed by atoms with Gasteiger partial charge in [0.25, 0.3) is 5.56 Å². The SMILES string of the molecule is C[C@H]1[C@H](Nc2cnn(CC(=O)NCc3ccncc3O)c(=O)c2Cl)C[C@H]2C[C@@H]1C2(C)C. The van der Waals surface area contributed by atoms with E-state index in [1.54, 1.807) is 6.07 Å². The van der Waals surface area contributed by atoms with Crippen LogP contribution in [0.4, 0.5) is 5.69 Å². The molecule has 2 aromatic rings. The molecule has 8 nitrogen and oxygen atoms in total. The van der Waals surface area contributed by atoms with Crippen molar-refractivity contribution in [1.82, 2.24) is 20.1 Å². The number of carbonyl (C=O) groups is 1. The van der Waals surface area contributed by atoms with E-state index in [1.165, 1.54) is 25.0 Å². The molecule has 3 aliphatic rings. The maximum Gasteiger partial charge on any atom is 0.288 e. The summed E-state index contributed by atoms with van der Waals surface area (Å²) in [5.74, 6) is 1.41. The molecule has 5 rings (SSSR count). The van der Waals surface area contributed by atoms with Crippen LogP contribution in [-0.4, -0.2) is 31.8 Å². The third-order valence-corrected chi connectivity index (χ3v) is 7.70. The topological polar surface area (TPSA) is 109 Å². The summed E-state index contributed by atoms with van der Waals surface area (Å²) in [6, 6.07) is 1.86. The molecule has 31 heavy (non-hydrogen) atoms. The molecule has 3 N–H and O–H groups in total. The predicted octanol–water partition coefficient (Wildman–Crippen LogP) is 2.80. The van der Waals surface area contributed by atoms with Crippen molar-refractivity contribution < 1.29 is 9.90 Å². The molecule has 1 amide bonds. The predicted molar refractivity (Wildman–Crippen MR) is 118 cm³/mol. The molecular formula is C22H28ClN5O3. The Kier molecular flexibility index (Phi) is 5.68. The van der Waals surface area contributed by atoms with Gasteiger partial charge in [-0.05, 0) is 42.1 Å². The maximum atomic E-state index is 12.7. The first-order valence-corrected chi connectivity index (χ1v) is 11.0. The van der Waals surface area contributed by atoms with Crippen LogP contribution in [0.15, 0.2) is 29.5 Å². The Morgan fingerprint density at radius 2 is 2.13 bits per heavy atom. The second-order valence-electron chi connectivity index (χ2n) is 9.32. The summed E-state index contributed by atoms with van der Waals surface area (Å²) < 4.78 is 1.04. The van der Waals surface area contributed by atoms with Crippen LogP contribution in [0.5, 0.6) is 5.75 Å². The number of hydrogen-bond donors (Lipinski definition) is 3. The fourth-order valence-electron chi connectivity index (χ4n) is 5.17. The highest BCUT2D eigenvalue weighted by Crippen LogP contribution is 2.61. The van der Waals surface area contributed by atoms with E-state index in [0.29, 0.717) is 34.4 Å². The van der Waals surface area contributed by atoms with Crippen LogP contribution in [0, 0.1) is 23.2 Å². The van der Waals surface area contributed by atoms with Crippen molar-refractivity contribution in [2.24, 2.45) is 23.2 Å². The highest BCUT2D eigenvalue weighted by Gasteiger charge is 2.56. The second kappa shape index (κ2) is 8.15. The average Bonchev–Trinajstić information content (AvgIpc) is 2.73. The molecule has 4 atom stereocenters. The van der Waals surface area contributed by atoms with Crippen LogP contribution >= 0.6 is 11.6 Å². The van der Waals surface area contributed by atoms with Crippen molar-refractivity contribution in [1.29, 1.82) is 0 Å². The zero-order chi connectivity index (χ0) is 22.3. The summed E-state index contributed by atoms with van der Waals surface area (Å²) in [6.07, 6.45) is 6.66. The van der Waals surface area contributed by atoms with Gasteiger partial charge in [0, 0.05) is 24.3 Å². The number of nitrogens with one attached hydrogen (secondary N) is 2. The molecule has 2 bridgehead atoms. The highest BCUT2D eigenvalue weighted by molar-refractivity contribution is 6.32. The number of anilines is 1. The average molecular weight is 446 g/mol. The van der Waals surface area contributed by atoms with Crippen molar-refractivity contribution in [3.63, 3.8) is 0 Å². The molecule has 2 aromatic heterocycles. The Bertz CT molecular complexity index is 1050. The Labute approximate surface area is 186 Å². The lowest BCUT2D eigenvalue weighted by Crippen LogP contribution is -2.58. The lowest BCUT2D eigenvalue weighted by Gasteiger charge is -2.62. The molecule has 0 aliphatic heterocycles. The van der Waals surface area contributed by atoms with Gasteiger partial charge in [0.2, 0.25) is 5.91 Å². The minimum Gasteiger partial charge on any atom is -0.506 e. The van der Waals surface area contributed by atoms with Crippen LogP contribution in [-0.2, 0) is 17.9 Å². The van der Waals surface area contributed by atoms with E-state index in [9.17, 15) is 14.7 Å². The van der Waals surface area contributed by atoms with Gasteiger partial charge < -0.3 is 15.7 Å². The van der Waals surface area contributed by atoms with Crippen LogP contribution in [0.3, 0.4) is 0 Å². The van der Waals surface area contributed by atoms with Gasteiger partial charge in [-0.3, -0.25) is 14.6 Å². The van der Waals surface area contributed by atoms with Gasteiger partial charge in [-0.1, -0.05) is 32.4 Å². The quantitative estimate of drug-likeness (QED) is 0.630. The summed E-state index contributed by atoms with van der Waals surface area (Å²) in [5.41, 5.74) is 0.913. The third-order valence-electron chi connectivity index (χ3n) is 7.34. The van der Waals surface area contributed by atoms with Crippen molar-refractivity contribution in [3.8, 4) is 5.75 Å². The largest absolute Gasteiger partial charge is 0.506 e. The van der Waals surface area contributed by atoms with E-state index in [4.69, 9.17) is 11.6 Å². The molecule has 0 aromatic carbocycles. The number of amides is 1. The van der Waals surface area contributed by atoms with Gasteiger partial charge in [-0.25, -0.2) is 4.68 Å². The minimum atomic E-state index is -0.512. The van der Waals surface area contributed by atoms with Crippen LogP contribution in [0.25, 0.3) is 0 Å². The lowest BCUT2D eigenvalue weighted by atomic mass is 9.45. The number of nitrogens with zero attached hydrogens (tertiary/aromatic N) is 3. The molecule has 0 saturated heterocycles. The van der Waals surface area contributed by atoms with Crippen molar-refractivity contribution in [2.45, 2.75) is 52.7 Å². The minimum absolute atomic E-state index is 0.00507. The monoisotopic (exact) mass is 445 g/mol. The standard InChI is InChI=1S/C22H28ClN5O3/c1-12-15-6-14(22(15,2)3)7-16(12)27-17-9-26-28(21(31)20(17)23)11-19(30)25-8-13-4-5-24-10-18(13)29/h4-5,9-10,12,14-16,27,29H,6-8,11H2,1-3H3,(H,25,30)/t12-,14-,15+,16-/m1/s1. The molecule has 9 heteroatoms. The zero-order valence-electron chi connectivity index (χ0n) is 17.9. The van der Waals surface area contributed by atoms with Crippen LogP contribution < -0.4 is 16.2 Å². The van der Waals surface area contributed by atoms with Crippen molar-refractivity contribution in [3.05, 3.63) is 45.6 Å². The third kappa shape index (κ3) is 4.01. The van der Waals surface area contributed by atoms with Gasteiger partial charge in [-0.2, -0.15) is 5.10 Å². The van der Waals surface area contributed by atoms with E-state index in [0.717, 1.165) is 11.1 Å². The summed E-state index contributed by atoms with van der Waals surface area (Å²) >= 11 is 6.34. The molecule has 3 aliphatic carbocycles. The number of halogens is 1. The Morgan fingerprint density at radius 3 is 2.81 bits per heavy atom. The van der Waals surface area contributed by atoms with Crippen LogP contribution in [0.1, 0.15) is 39.2 Å². The molecule has 2 heterocycles. The summed E-state index contributed by atoms with van der Waals surface area (Å²) in [4.78, 5) is 28.7. The second-order valence-corrected chi connectivity index (χ2v) is 9.70. The first kappa shape index (κ1) is 21.6. The van der Waals surface area contributed by atoms with E-state index < -0.39 is 11.5 Å². The van der Waals surface area contributed by atoms with E-state index in [-0.39, 0.29) is 29.9 Å². The van der Waals surface area contributed by atoms with Crippen molar-refractivity contribution >= 4 is 23.2 Å². The summed E-state index contributed by atoms with van der Waals surface area (Å²) in [5, 5.41) is 20.0. The number of fused-ring (bicyclic) bond motifs is 2. The highest BCUT2D eigenvalue weighted by atomic mass is 35.5. The number of pyridine rings is 1. The molecule has 3 saturated carbocycles. The summed E-state index contributed by atoms with van der Waals surface area (Å²) in [6.45, 7) is 6.80. The molecule has 3 fully saturated rings. The fourth-order valence-corrected chi connectivity index (χ4v) is 5.37. The molecular weight excluding hydrogens is 418 g/mol. The van der Waals surface area contributed by atoms with Gasteiger partial charge in [0.15, 0.2) is 0 Å². The number of carbonyl (C=O) groups excluding carboxylic acids is 1. The molecule has 166 valence electrons. The van der Waals surface area contributed by atoms with E-state index >= 15 is 0 Å². The van der Waals surface area contributed by atoms with E-state index in [1.807, 2.05) is 0 Å². The first-order chi connectivity index (χ1) is 14.7. The Balaban J connectivity index is 1.39. The fraction of sp³-hybridized carbons (Fsp3) is 0.545. The number of aromatic nitrogens is 3. The van der Waals surface area contributed by atoms with Gasteiger partial charge in [-0.15, -0.1) is 0 Å².